The van der Waals surface area contributed by atoms with Crippen LogP contribution in [0.5, 0.6) is 0 Å². The van der Waals surface area contributed by atoms with E-state index in [0.29, 0.717) is 30.3 Å². The minimum Gasteiger partial charge on any atom is -0.378 e. The standard InChI is InChI=1S/C31H36F2O/c1-4-7-21-14-18-29(31(33)27(21)6-3)23-11-9-22(10-12-23)28-17-15-24(19-30(28)32)25-13-16-26(8-5-2)34-20-25/h9-12,14-15,17-19,25-26H,4-8,13,16,20H2,1-3H3. The molecule has 180 valence electrons. The largest absolute Gasteiger partial charge is 0.378 e. The molecule has 0 saturated carbocycles. The third-order valence-electron chi connectivity index (χ3n) is 7.17. The predicted molar refractivity (Wildman–Crippen MR) is 137 cm³/mol. The molecule has 3 heteroatoms. The van der Waals surface area contributed by atoms with Gasteiger partial charge in [0.05, 0.1) is 12.7 Å². The number of aryl methyl sites for hydroxylation is 1. The van der Waals surface area contributed by atoms with Crippen molar-refractivity contribution >= 4 is 0 Å². The molecule has 34 heavy (non-hydrogen) atoms. The molecule has 4 rings (SSSR count). The van der Waals surface area contributed by atoms with Gasteiger partial charge >= 0.3 is 0 Å². The summed E-state index contributed by atoms with van der Waals surface area (Å²) in [5, 5.41) is 0. The fourth-order valence-electron chi connectivity index (χ4n) is 5.24. The minimum atomic E-state index is -0.218. The quantitative estimate of drug-likeness (QED) is 0.325. The highest BCUT2D eigenvalue weighted by Crippen LogP contribution is 2.34. The summed E-state index contributed by atoms with van der Waals surface area (Å²) in [6.07, 6.45) is 7.23. The molecule has 1 fully saturated rings. The van der Waals surface area contributed by atoms with Crippen molar-refractivity contribution in [1.29, 1.82) is 0 Å². The Balaban J connectivity index is 1.52. The lowest BCUT2D eigenvalue weighted by Crippen LogP contribution is -2.24. The second-order valence-electron chi connectivity index (χ2n) is 9.50. The highest BCUT2D eigenvalue weighted by Gasteiger charge is 2.23. The summed E-state index contributed by atoms with van der Waals surface area (Å²) < 4.78 is 36.3. The Hall–Kier alpha value is -2.52. The van der Waals surface area contributed by atoms with E-state index >= 15 is 8.78 Å². The van der Waals surface area contributed by atoms with E-state index in [1.165, 1.54) is 0 Å². The van der Waals surface area contributed by atoms with Gasteiger partial charge in [0.1, 0.15) is 11.6 Å². The molecule has 0 aliphatic carbocycles. The van der Waals surface area contributed by atoms with Crippen LogP contribution in [-0.4, -0.2) is 12.7 Å². The van der Waals surface area contributed by atoms with Crippen LogP contribution in [0.3, 0.4) is 0 Å². The van der Waals surface area contributed by atoms with Crippen LogP contribution in [0.4, 0.5) is 8.78 Å². The van der Waals surface area contributed by atoms with Gasteiger partial charge in [-0.15, -0.1) is 0 Å². The van der Waals surface area contributed by atoms with E-state index in [4.69, 9.17) is 4.74 Å². The Kier molecular flexibility index (Phi) is 8.15. The number of halogens is 2. The van der Waals surface area contributed by atoms with Crippen LogP contribution < -0.4 is 0 Å². The Labute approximate surface area is 203 Å². The van der Waals surface area contributed by atoms with Gasteiger partial charge in [0, 0.05) is 17.0 Å². The maximum atomic E-state index is 15.2. The molecule has 1 aliphatic heterocycles. The van der Waals surface area contributed by atoms with Crippen LogP contribution in [0.2, 0.25) is 0 Å². The second kappa shape index (κ2) is 11.3. The number of benzene rings is 3. The molecule has 0 N–H and O–H groups in total. The molecule has 1 saturated heterocycles. The third kappa shape index (κ3) is 5.25. The van der Waals surface area contributed by atoms with Gasteiger partial charge in [0.25, 0.3) is 0 Å². The molecule has 2 atom stereocenters. The predicted octanol–water partition coefficient (Wildman–Crippen LogP) is 8.88. The topological polar surface area (TPSA) is 9.23 Å². The van der Waals surface area contributed by atoms with Gasteiger partial charge in [-0.1, -0.05) is 82.1 Å². The molecule has 0 radical (unpaired) electrons. The van der Waals surface area contributed by atoms with E-state index < -0.39 is 0 Å². The first-order valence-corrected chi connectivity index (χ1v) is 12.9. The van der Waals surface area contributed by atoms with Crippen molar-refractivity contribution in [2.75, 3.05) is 6.61 Å². The second-order valence-corrected chi connectivity index (χ2v) is 9.50. The molecule has 0 spiro atoms. The molecule has 1 nitrogen and oxygen atoms in total. The van der Waals surface area contributed by atoms with Gasteiger partial charge in [-0.05, 0) is 66.0 Å². The summed E-state index contributed by atoms with van der Waals surface area (Å²) >= 11 is 0. The molecular weight excluding hydrogens is 426 g/mol. The van der Waals surface area contributed by atoms with Crippen molar-refractivity contribution in [3.8, 4) is 22.3 Å². The number of hydrogen-bond donors (Lipinski definition) is 0. The highest BCUT2D eigenvalue weighted by molar-refractivity contribution is 5.72. The third-order valence-corrected chi connectivity index (χ3v) is 7.17. The van der Waals surface area contributed by atoms with Crippen molar-refractivity contribution in [3.05, 3.63) is 82.9 Å². The van der Waals surface area contributed by atoms with Crippen LogP contribution in [0.15, 0.2) is 54.6 Å². The maximum Gasteiger partial charge on any atom is 0.134 e. The molecule has 3 aromatic carbocycles. The first-order chi connectivity index (χ1) is 16.5. The first-order valence-electron chi connectivity index (χ1n) is 12.9. The smallest absolute Gasteiger partial charge is 0.134 e. The zero-order valence-corrected chi connectivity index (χ0v) is 20.7. The van der Waals surface area contributed by atoms with Crippen molar-refractivity contribution in [1.82, 2.24) is 0 Å². The van der Waals surface area contributed by atoms with Gasteiger partial charge < -0.3 is 4.74 Å². The molecule has 0 aromatic heterocycles. The summed E-state index contributed by atoms with van der Waals surface area (Å²) in [5.41, 5.74) is 5.70. The van der Waals surface area contributed by atoms with Crippen molar-refractivity contribution in [3.63, 3.8) is 0 Å². The molecule has 1 aliphatic rings. The maximum absolute atomic E-state index is 15.2. The zero-order chi connectivity index (χ0) is 24.1. The Morgan fingerprint density at radius 3 is 2.12 bits per heavy atom. The highest BCUT2D eigenvalue weighted by atomic mass is 19.1. The summed E-state index contributed by atoms with van der Waals surface area (Å²) in [6, 6.07) is 17.0. The lowest BCUT2D eigenvalue weighted by molar-refractivity contribution is -0.00115. The van der Waals surface area contributed by atoms with Crippen LogP contribution in [-0.2, 0) is 17.6 Å². The first kappa shape index (κ1) is 24.6. The zero-order valence-electron chi connectivity index (χ0n) is 20.7. The lowest BCUT2D eigenvalue weighted by atomic mass is 9.89. The Morgan fingerprint density at radius 1 is 0.824 bits per heavy atom. The van der Waals surface area contributed by atoms with E-state index in [2.05, 4.69) is 13.8 Å². The number of ether oxygens (including phenoxy) is 1. The summed E-state index contributed by atoms with van der Waals surface area (Å²) in [6.45, 7) is 6.96. The van der Waals surface area contributed by atoms with Crippen molar-refractivity contribution in [2.45, 2.75) is 77.7 Å². The van der Waals surface area contributed by atoms with E-state index in [9.17, 15) is 0 Å². The molecule has 3 aromatic rings. The van der Waals surface area contributed by atoms with Crippen molar-refractivity contribution in [2.24, 2.45) is 0 Å². The van der Waals surface area contributed by atoms with Crippen LogP contribution >= 0.6 is 0 Å². The van der Waals surface area contributed by atoms with Gasteiger partial charge in [-0.3, -0.25) is 0 Å². The molecule has 0 amide bonds. The number of hydrogen-bond acceptors (Lipinski definition) is 1. The van der Waals surface area contributed by atoms with E-state index in [1.54, 1.807) is 6.07 Å². The summed E-state index contributed by atoms with van der Waals surface area (Å²) in [5.74, 6) is -0.0950. The fourth-order valence-corrected chi connectivity index (χ4v) is 5.24. The Morgan fingerprint density at radius 2 is 1.53 bits per heavy atom. The van der Waals surface area contributed by atoms with E-state index in [1.807, 2.05) is 55.5 Å². The van der Waals surface area contributed by atoms with E-state index in [-0.39, 0.29) is 17.6 Å². The van der Waals surface area contributed by atoms with E-state index in [0.717, 1.165) is 66.3 Å². The monoisotopic (exact) mass is 462 g/mol. The average molecular weight is 463 g/mol. The lowest BCUT2D eigenvalue weighted by Gasteiger charge is -2.29. The van der Waals surface area contributed by atoms with Crippen LogP contribution in [0.1, 0.15) is 75.5 Å². The normalized spacial score (nSPS) is 18.3. The fraction of sp³-hybridized carbons (Fsp3) is 0.419. The number of rotatable bonds is 8. The van der Waals surface area contributed by atoms with Gasteiger partial charge in [-0.25, -0.2) is 8.78 Å². The minimum absolute atomic E-state index is 0.132. The van der Waals surface area contributed by atoms with Crippen LogP contribution in [0.25, 0.3) is 22.3 Å². The summed E-state index contributed by atoms with van der Waals surface area (Å²) in [4.78, 5) is 0. The molecule has 2 unspecified atom stereocenters. The average Bonchev–Trinajstić information content (AvgIpc) is 2.85. The Bertz CT molecular complexity index is 1100. The van der Waals surface area contributed by atoms with Gasteiger partial charge in [-0.2, -0.15) is 0 Å². The molecular formula is C31H36F2O. The van der Waals surface area contributed by atoms with Gasteiger partial charge in [0.2, 0.25) is 0 Å². The molecule has 0 bridgehead atoms. The van der Waals surface area contributed by atoms with Crippen molar-refractivity contribution < 1.29 is 13.5 Å². The summed E-state index contributed by atoms with van der Waals surface area (Å²) in [7, 11) is 0. The van der Waals surface area contributed by atoms with Gasteiger partial charge in [0.15, 0.2) is 0 Å². The van der Waals surface area contributed by atoms with Crippen LogP contribution in [0, 0.1) is 11.6 Å². The SMILES string of the molecule is CCCc1ccc(-c2ccc(-c3ccc(C4CCC(CCC)OC4)cc3F)cc2)c(F)c1CC. The molecule has 1 heterocycles.